The molecule has 2 unspecified atom stereocenters. The molecule has 9 heteroatoms. The predicted octanol–water partition coefficient (Wildman–Crippen LogP) is 6.83. The molecule has 3 aromatic rings. The summed E-state index contributed by atoms with van der Waals surface area (Å²) in [5.74, 6) is 2.75. The third-order valence-electron chi connectivity index (χ3n) is 7.18. The lowest BCUT2D eigenvalue weighted by molar-refractivity contribution is -0.0227. The van der Waals surface area contributed by atoms with Gasteiger partial charge in [-0.25, -0.2) is 0 Å². The third kappa shape index (κ3) is 8.90. The predicted molar refractivity (Wildman–Crippen MR) is 162 cm³/mol. The molecule has 1 heterocycles. The molecule has 0 saturated carbocycles. The van der Waals surface area contributed by atoms with E-state index in [9.17, 15) is 0 Å². The standard InChI is InChI=1S/C32H39Cl2NO6/c1-36-28-18-24(19-29(37-2)31(28)38-3)22-41-30-20-35(32(33)34)15-14-27(30)25-10-12-26(13-11-25)40-17-7-16-39-21-23-8-5-4-6-9-23/h4-6,8-13,18-19,27,30,32H,7,14-17,20-22H2,1-3H3. The van der Waals surface area contributed by atoms with Crippen molar-refractivity contribution in [3.8, 4) is 23.0 Å². The Labute approximate surface area is 253 Å². The molecule has 0 bridgehead atoms. The number of benzene rings is 3. The molecular weight excluding hydrogens is 565 g/mol. The van der Waals surface area contributed by atoms with Crippen molar-refractivity contribution in [2.45, 2.75) is 43.0 Å². The van der Waals surface area contributed by atoms with Gasteiger partial charge >= 0.3 is 0 Å². The number of methoxy groups -OCH3 is 3. The second kappa shape index (κ2) is 16.1. The Balaban J connectivity index is 1.33. The van der Waals surface area contributed by atoms with Gasteiger partial charge in [0.05, 0.1) is 53.9 Å². The van der Waals surface area contributed by atoms with E-state index >= 15 is 0 Å². The molecule has 0 aromatic heterocycles. The van der Waals surface area contributed by atoms with Crippen LogP contribution in [0.15, 0.2) is 66.7 Å². The number of rotatable bonds is 15. The van der Waals surface area contributed by atoms with E-state index in [1.807, 2.05) is 47.4 Å². The van der Waals surface area contributed by atoms with Gasteiger partial charge < -0.3 is 28.4 Å². The van der Waals surface area contributed by atoms with Gasteiger partial charge in [-0.15, -0.1) is 0 Å². The zero-order chi connectivity index (χ0) is 29.0. The van der Waals surface area contributed by atoms with Gasteiger partial charge in [0.2, 0.25) is 5.75 Å². The molecule has 2 atom stereocenters. The van der Waals surface area contributed by atoms with Crippen LogP contribution < -0.4 is 18.9 Å². The molecule has 0 amide bonds. The molecule has 1 aliphatic rings. The quantitative estimate of drug-likeness (QED) is 0.107. The fraction of sp³-hybridized carbons (Fsp3) is 0.438. The van der Waals surface area contributed by atoms with E-state index in [-0.39, 0.29) is 12.0 Å². The average Bonchev–Trinajstić information content (AvgIpc) is 3.01. The molecule has 3 aromatic carbocycles. The molecule has 222 valence electrons. The van der Waals surface area contributed by atoms with Crippen LogP contribution in [-0.4, -0.2) is 63.6 Å². The molecule has 0 N–H and O–H groups in total. The van der Waals surface area contributed by atoms with Crippen LogP contribution in [0.5, 0.6) is 23.0 Å². The Morgan fingerprint density at radius 2 is 1.54 bits per heavy atom. The van der Waals surface area contributed by atoms with Crippen molar-refractivity contribution >= 4 is 23.2 Å². The van der Waals surface area contributed by atoms with Crippen LogP contribution in [-0.2, 0) is 22.7 Å². The van der Waals surface area contributed by atoms with Crippen molar-refractivity contribution in [1.82, 2.24) is 4.90 Å². The summed E-state index contributed by atoms with van der Waals surface area (Å²) in [5, 5.41) is 0. The minimum Gasteiger partial charge on any atom is -0.494 e. The Morgan fingerprint density at radius 3 is 2.17 bits per heavy atom. The number of nitrogens with zero attached hydrogens (tertiary/aromatic N) is 1. The van der Waals surface area contributed by atoms with Crippen molar-refractivity contribution in [2.24, 2.45) is 0 Å². The van der Waals surface area contributed by atoms with Crippen molar-refractivity contribution in [3.05, 3.63) is 83.4 Å². The summed E-state index contributed by atoms with van der Waals surface area (Å²) in [6.45, 7) is 3.64. The summed E-state index contributed by atoms with van der Waals surface area (Å²) in [4.78, 5) is 1.44. The van der Waals surface area contributed by atoms with E-state index in [1.165, 1.54) is 11.1 Å². The zero-order valence-corrected chi connectivity index (χ0v) is 25.4. The minimum absolute atomic E-state index is 0.114. The highest BCUT2D eigenvalue weighted by molar-refractivity contribution is 6.43. The lowest BCUT2D eigenvalue weighted by Crippen LogP contribution is -2.45. The van der Waals surface area contributed by atoms with Crippen LogP contribution in [0.1, 0.15) is 35.4 Å². The highest BCUT2D eigenvalue weighted by Crippen LogP contribution is 2.39. The summed E-state index contributed by atoms with van der Waals surface area (Å²) in [5.41, 5.74) is 3.28. The Morgan fingerprint density at radius 1 is 0.829 bits per heavy atom. The molecule has 4 rings (SSSR count). The van der Waals surface area contributed by atoms with E-state index < -0.39 is 4.96 Å². The molecule has 41 heavy (non-hydrogen) atoms. The van der Waals surface area contributed by atoms with Gasteiger partial charge in [-0.3, -0.25) is 4.90 Å². The van der Waals surface area contributed by atoms with E-state index in [0.29, 0.717) is 50.2 Å². The lowest BCUT2D eigenvalue weighted by atomic mass is 9.87. The molecule has 1 fully saturated rings. The van der Waals surface area contributed by atoms with E-state index in [2.05, 4.69) is 24.3 Å². The number of hydrogen-bond acceptors (Lipinski definition) is 7. The Kier molecular flexibility index (Phi) is 12.3. The number of piperidine rings is 1. The van der Waals surface area contributed by atoms with Crippen molar-refractivity contribution in [1.29, 1.82) is 0 Å². The van der Waals surface area contributed by atoms with Gasteiger partial charge in [-0.05, 0) is 47.4 Å². The number of likely N-dealkylation sites (tertiary alicyclic amines) is 1. The van der Waals surface area contributed by atoms with Gasteiger partial charge in [0, 0.05) is 25.4 Å². The monoisotopic (exact) mass is 603 g/mol. The second-order valence-electron chi connectivity index (χ2n) is 9.86. The number of halogens is 2. The Hall–Kier alpha value is -2.68. The number of hydrogen-bond donors (Lipinski definition) is 0. The van der Waals surface area contributed by atoms with Crippen LogP contribution in [0, 0.1) is 0 Å². The largest absolute Gasteiger partial charge is 0.494 e. The molecule has 0 radical (unpaired) electrons. The maximum absolute atomic E-state index is 6.50. The normalized spacial score (nSPS) is 17.4. The smallest absolute Gasteiger partial charge is 0.203 e. The van der Waals surface area contributed by atoms with E-state index in [4.69, 9.17) is 51.6 Å². The van der Waals surface area contributed by atoms with Crippen LogP contribution in [0.25, 0.3) is 0 Å². The third-order valence-corrected chi connectivity index (χ3v) is 7.73. The molecule has 1 aliphatic heterocycles. The fourth-order valence-corrected chi connectivity index (χ4v) is 5.37. The van der Waals surface area contributed by atoms with E-state index in [1.54, 1.807) is 21.3 Å². The van der Waals surface area contributed by atoms with Gasteiger partial charge in [-0.1, -0.05) is 65.7 Å². The first-order valence-corrected chi connectivity index (χ1v) is 14.7. The molecule has 1 saturated heterocycles. The first-order valence-electron chi connectivity index (χ1n) is 13.8. The van der Waals surface area contributed by atoms with Gasteiger partial charge in [-0.2, -0.15) is 0 Å². The first-order chi connectivity index (χ1) is 20.0. The van der Waals surface area contributed by atoms with Crippen LogP contribution in [0.4, 0.5) is 0 Å². The summed E-state index contributed by atoms with van der Waals surface area (Å²) in [6.07, 6.45) is 1.58. The van der Waals surface area contributed by atoms with Gasteiger partial charge in [0.1, 0.15) is 5.75 Å². The molecule has 7 nitrogen and oxygen atoms in total. The number of ether oxygens (including phenoxy) is 6. The average molecular weight is 605 g/mol. The maximum Gasteiger partial charge on any atom is 0.203 e. The van der Waals surface area contributed by atoms with Crippen molar-refractivity contribution < 1.29 is 28.4 Å². The summed E-state index contributed by atoms with van der Waals surface area (Å²) in [6, 6.07) is 22.3. The summed E-state index contributed by atoms with van der Waals surface area (Å²) < 4.78 is 34.7. The highest BCUT2D eigenvalue weighted by atomic mass is 35.5. The Bertz CT molecular complexity index is 1170. The fourth-order valence-electron chi connectivity index (χ4n) is 5.02. The first kappa shape index (κ1) is 31.3. The topological polar surface area (TPSA) is 58.6 Å². The van der Waals surface area contributed by atoms with Crippen LogP contribution in [0.2, 0.25) is 0 Å². The minimum atomic E-state index is -0.587. The van der Waals surface area contributed by atoms with Crippen LogP contribution >= 0.6 is 23.2 Å². The van der Waals surface area contributed by atoms with E-state index in [0.717, 1.165) is 30.7 Å². The van der Waals surface area contributed by atoms with Gasteiger partial charge in [0.25, 0.3) is 0 Å². The van der Waals surface area contributed by atoms with Gasteiger partial charge in [0.15, 0.2) is 16.5 Å². The summed E-state index contributed by atoms with van der Waals surface area (Å²) in [7, 11) is 4.79. The van der Waals surface area contributed by atoms with Crippen LogP contribution in [0.3, 0.4) is 0 Å². The SMILES string of the molecule is COc1cc(COC2CN(C(Cl)Cl)CCC2c2ccc(OCCCOCc3ccccc3)cc2)cc(OC)c1OC. The maximum atomic E-state index is 6.50. The van der Waals surface area contributed by atoms with Crippen molar-refractivity contribution in [2.75, 3.05) is 47.6 Å². The van der Waals surface area contributed by atoms with Crippen molar-refractivity contribution in [3.63, 3.8) is 0 Å². The highest BCUT2D eigenvalue weighted by Gasteiger charge is 2.33. The molecule has 0 spiro atoms. The molecule has 0 aliphatic carbocycles. The molecular formula is C32H39Cl2NO6. The summed E-state index contributed by atoms with van der Waals surface area (Å²) >= 11 is 12.5. The number of alkyl halides is 2. The second-order valence-corrected chi connectivity index (χ2v) is 10.9. The lowest BCUT2D eigenvalue weighted by Gasteiger charge is -2.39. The zero-order valence-electron chi connectivity index (χ0n) is 23.9.